The Hall–Kier alpha value is -3.56. The number of hydrogen-bond donors (Lipinski definition) is 1. The number of nitrogens with one attached hydrogen (secondary N) is 1. The number of fused-ring (bicyclic) bond motifs is 2. The topological polar surface area (TPSA) is 29.1 Å². The SMILES string of the molecule is CC(C)(C)SCc1ccc2ccccc2c1-c1c(NC(=O)c2ccccc2)ccc2ccccc12. The van der Waals surface area contributed by atoms with Crippen LogP contribution in [0.25, 0.3) is 32.7 Å². The summed E-state index contributed by atoms with van der Waals surface area (Å²) >= 11 is 1.94. The second-order valence-corrected chi connectivity index (χ2v) is 11.6. The Morgan fingerprint density at radius 2 is 1.26 bits per heavy atom. The maximum atomic E-state index is 13.2. The van der Waals surface area contributed by atoms with Crippen molar-refractivity contribution >= 4 is 44.9 Å². The fourth-order valence-electron chi connectivity index (χ4n) is 4.46. The maximum Gasteiger partial charge on any atom is 0.255 e. The van der Waals surface area contributed by atoms with Crippen molar-refractivity contribution in [2.75, 3.05) is 5.32 Å². The van der Waals surface area contributed by atoms with Crippen molar-refractivity contribution in [3.8, 4) is 11.1 Å². The summed E-state index contributed by atoms with van der Waals surface area (Å²) in [6.07, 6.45) is 0. The number of rotatable bonds is 5. The summed E-state index contributed by atoms with van der Waals surface area (Å²) in [7, 11) is 0. The summed E-state index contributed by atoms with van der Waals surface area (Å²) in [5.41, 5.74) is 5.02. The number of thioether (sulfide) groups is 1. The van der Waals surface area contributed by atoms with Crippen LogP contribution >= 0.6 is 11.8 Å². The summed E-state index contributed by atoms with van der Waals surface area (Å²) in [4.78, 5) is 13.2. The second kappa shape index (κ2) is 9.59. The first kappa shape index (κ1) is 23.2. The molecule has 0 radical (unpaired) electrons. The third-order valence-electron chi connectivity index (χ3n) is 6.14. The highest BCUT2D eigenvalue weighted by Gasteiger charge is 2.20. The molecule has 5 aromatic carbocycles. The minimum atomic E-state index is -0.104. The molecule has 35 heavy (non-hydrogen) atoms. The molecule has 5 aromatic rings. The van der Waals surface area contributed by atoms with E-state index in [4.69, 9.17) is 0 Å². The Kier molecular flexibility index (Phi) is 6.36. The molecule has 0 spiro atoms. The van der Waals surface area contributed by atoms with Gasteiger partial charge in [0.2, 0.25) is 0 Å². The zero-order chi connectivity index (χ0) is 24.4. The standard InChI is InChI=1S/C32H29NOS/c1-32(2,3)35-21-25-18-17-22-11-7-9-15-26(22)29(25)30-27-16-10-8-12-23(27)19-20-28(30)33-31(34)24-13-5-4-6-14-24/h4-20H,21H2,1-3H3,(H,33,34). The molecule has 0 aliphatic carbocycles. The lowest BCUT2D eigenvalue weighted by molar-refractivity contribution is 0.102. The molecule has 174 valence electrons. The van der Waals surface area contributed by atoms with Crippen LogP contribution in [0, 0.1) is 0 Å². The van der Waals surface area contributed by atoms with Gasteiger partial charge in [0.25, 0.3) is 5.91 Å². The van der Waals surface area contributed by atoms with Crippen LogP contribution in [0.4, 0.5) is 5.69 Å². The molecule has 0 saturated carbocycles. The fourth-order valence-corrected chi connectivity index (χ4v) is 5.28. The van der Waals surface area contributed by atoms with E-state index in [-0.39, 0.29) is 10.7 Å². The molecule has 0 unspecified atom stereocenters. The first-order valence-corrected chi connectivity index (χ1v) is 12.9. The minimum absolute atomic E-state index is 0.104. The van der Waals surface area contributed by atoms with Crippen molar-refractivity contribution in [1.82, 2.24) is 0 Å². The predicted octanol–water partition coefficient (Wildman–Crippen LogP) is 8.94. The van der Waals surface area contributed by atoms with Crippen LogP contribution in [0.3, 0.4) is 0 Å². The molecule has 1 amide bonds. The summed E-state index contributed by atoms with van der Waals surface area (Å²) in [5, 5.41) is 7.92. The zero-order valence-corrected chi connectivity index (χ0v) is 21.2. The third-order valence-corrected chi connectivity index (χ3v) is 7.46. The molecule has 1 N–H and O–H groups in total. The molecular weight excluding hydrogens is 446 g/mol. The average molecular weight is 476 g/mol. The third kappa shape index (κ3) is 4.96. The van der Waals surface area contributed by atoms with E-state index < -0.39 is 0 Å². The first-order chi connectivity index (χ1) is 16.9. The monoisotopic (exact) mass is 475 g/mol. The van der Waals surface area contributed by atoms with Crippen molar-refractivity contribution in [3.05, 3.63) is 114 Å². The molecule has 0 saturated heterocycles. The van der Waals surface area contributed by atoms with E-state index in [1.807, 2.05) is 48.2 Å². The fraction of sp³-hybridized carbons (Fsp3) is 0.156. The van der Waals surface area contributed by atoms with Crippen LogP contribution in [0.1, 0.15) is 36.7 Å². The van der Waals surface area contributed by atoms with Crippen LogP contribution < -0.4 is 5.32 Å². The van der Waals surface area contributed by atoms with Gasteiger partial charge in [0.05, 0.1) is 0 Å². The number of amides is 1. The van der Waals surface area contributed by atoms with E-state index in [2.05, 4.69) is 92.8 Å². The van der Waals surface area contributed by atoms with Crippen molar-refractivity contribution in [3.63, 3.8) is 0 Å². The molecule has 0 atom stereocenters. The highest BCUT2D eigenvalue weighted by atomic mass is 32.2. The van der Waals surface area contributed by atoms with Gasteiger partial charge < -0.3 is 5.32 Å². The number of carbonyl (C=O) groups excluding carboxylic acids is 1. The lowest BCUT2D eigenvalue weighted by atomic mass is 9.89. The molecule has 0 aromatic heterocycles. The van der Waals surface area contributed by atoms with Gasteiger partial charge in [-0.1, -0.05) is 106 Å². The molecule has 3 heteroatoms. The molecular formula is C32H29NOS. The molecule has 0 heterocycles. The van der Waals surface area contributed by atoms with Crippen LogP contribution in [-0.2, 0) is 5.75 Å². The van der Waals surface area contributed by atoms with Gasteiger partial charge in [0.15, 0.2) is 0 Å². The second-order valence-electron chi connectivity index (χ2n) is 9.75. The van der Waals surface area contributed by atoms with Gasteiger partial charge in [0.1, 0.15) is 0 Å². The van der Waals surface area contributed by atoms with Gasteiger partial charge in [-0.05, 0) is 50.9 Å². The van der Waals surface area contributed by atoms with Crippen LogP contribution in [0.15, 0.2) is 103 Å². The van der Waals surface area contributed by atoms with Gasteiger partial charge in [-0.25, -0.2) is 0 Å². The van der Waals surface area contributed by atoms with Gasteiger partial charge in [-0.15, -0.1) is 0 Å². The Morgan fingerprint density at radius 3 is 1.91 bits per heavy atom. The Labute approximate surface area is 211 Å². The smallest absolute Gasteiger partial charge is 0.255 e. The van der Waals surface area contributed by atoms with Gasteiger partial charge in [-0.2, -0.15) is 11.8 Å². The summed E-state index contributed by atoms with van der Waals surface area (Å²) < 4.78 is 0.145. The van der Waals surface area contributed by atoms with Crippen LogP contribution in [-0.4, -0.2) is 10.7 Å². The van der Waals surface area contributed by atoms with E-state index >= 15 is 0 Å². The Bertz CT molecular complexity index is 1520. The molecule has 5 rings (SSSR count). The molecule has 0 aliphatic heterocycles. The van der Waals surface area contributed by atoms with E-state index in [9.17, 15) is 4.79 Å². The van der Waals surface area contributed by atoms with E-state index in [0.717, 1.165) is 27.8 Å². The first-order valence-electron chi connectivity index (χ1n) is 11.9. The number of anilines is 1. The Morgan fingerprint density at radius 1 is 0.686 bits per heavy atom. The van der Waals surface area contributed by atoms with Gasteiger partial charge >= 0.3 is 0 Å². The van der Waals surface area contributed by atoms with Crippen LogP contribution in [0.2, 0.25) is 0 Å². The highest BCUT2D eigenvalue weighted by Crippen LogP contribution is 2.43. The molecule has 0 bridgehead atoms. The lowest BCUT2D eigenvalue weighted by Crippen LogP contribution is -2.13. The predicted molar refractivity (Wildman–Crippen MR) is 152 cm³/mol. The zero-order valence-electron chi connectivity index (χ0n) is 20.3. The minimum Gasteiger partial charge on any atom is -0.321 e. The lowest BCUT2D eigenvalue weighted by Gasteiger charge is -2.22. The van der Waals surface area contributed by atoms with E-state index in [1.165, 1.54) is 21.9 Å². The normalized spacial score (nSPS) is 11.6. The molecule has 0 fully saturated rings. The average Bonchev–Trinajstić information content (AvgIpc) is 2.87. The van der Waals surface area contributed by atoms with Crippen molar-refractivity contribution in [2.24, 2.45) is 0 Å². The Balaban J connectivity index is 1.76. The maximum absolute atomic E-state index is 13.2. The summed E-state index contributed by atoms with van der Waals surface area (Å²) in [6.45, 7) is 6.76. The number of carbonyl (C=O) groups is 1. The highest BCUT2D eigenvalue weighted by molar-refractivity contribution is 7.99. The molecule has 2 nitrogen and oxygen atoms in total. The molecule has 0 aliphatic rings. The quantitative estimate of drug-likeness (QED) is 0.275. The van der Waals surface area contributed by atoms with Crippen molar-refractivity contribution < 1.29 is 4.79 Å². The van der Waals surface area contributed by atoms with E-state index in [1.54, 1.807) is 0 Å². The largest absolute Gasteiger partial charge is 0.321 e. The van der Waals surface area contributed by atoms with Gasteiger partial charge in [-0.3, -0.25) is 4.79 Å². The summed E-state index contributed by atoms with van der Waals surface area (Å²) in [6, 6.07) is 35.0. The van der Waals surface area contributed by atoms with Gasteiger partial charge in [0, 0.05) is 27.3 Å². The summed E-state index contributed by atoms with van der Waals surface area (Å²) in [5.74, 6) is 0.784. The number of benzene rings is 5. The van der Waals surface area contributed by atoms with Crippen molar-refractivity contribution in [2.45, 2.75) is 31.3 Å². The van der Waals surface area contributed by atoms with E-state index in [0.29, 0.717) is 5.56 Å². The van der Waals surface area contributed by atoms with Crippen LogP contribution in [0.5, 0.6) is 0 Å². The van der Waals surface area contributed by atoms with Crippen molar-refractivity contribution in [1.29, 1.82) is 0 Å². The number of hydrogen-bond acceptors (Lipinski definition) is 2.